The smallest absolute Gasteiger partial charge is 0.271 e. The molecule has 0 atom stereocenters. The molecule has 3 aromatic rings. The van der Waals surface area contributed by atoms with Gasteiger partial charge in [-0.2, -0.15) is 0 Å². The highest BCUT2D eigenvalue weighted by molar-refractivity contribution is 8.19. The zero-order valence-electron chi connectivity index (χ0n) is 20.7. The van der Waals surface area contributed by atoms with Gasteiger partial charge >= 0.3 is 0 Å². The van der Waals surface area contributed by atoms with E-state index in [-0.39, 0.29) is 5.91 Å². The van der Waals surface area contributed by atoms with Gasteiger partial charge in [-0.25, -0.2) is 4.99 Å². The van der Waals surface area contributed by atoms with Gasteiger partial charge in [0.15, 0.2) is 16.7 Å². The highest BCUT2D eigenvalue weighted by Crippen LogP contribution is 2.38. The summed E-state index contributed by atoms with van der Waals surface area (Å²) in [5.74, 6) is 1.15. The van der Waals surface area contributed by atoms with Gasteiger partial charge in [0.1, 0.15) is 0 Å². The fourth-order valence-electron chi connectivity index (χ4n) is 3.75. The van der Waals surface area contributed by atoms with Gasteiger partial charge in [0, 0.05) is 10.0 Å². The van der Waals surface area contributed by atoms with Crippen molar-refractivity contribution in [1.29, 1.82) is 0 Å². The molecule has 0 aromatic heterocycles. The molecule has 0 aliphatic carbocycles. The molecule has 37 heavy (non-hydrogen) atoms. The Balaban J connectivity index is 1.61. The lowest BCUT2D eigenvalue weighted by molar-refractivity contribution is -0.113. The number of carbonyl (C=O) groups excluding carboxylic acids is 1. The standard InChI is InChI=1S/C29H28Cl2N2O3S/c1-3-4-5-6-17-36-25-16-7-20(18-26(25)35-2)19-27-28(34)33(24-14-10-22(31)11-15-24)29(37-27)32-23-12-8-21(30)9-13-23/h7-16,18-19H,3-6,17H2,1-2H3/b27-19+,32-29?. The molecule has 0 bridgehead atoms. The number of rotatable bonds is 10. The maximum Gasteiger partial charge on any atom is 0.271 e. The van der Waals surface area contributed by atoms with E-state index < -0.39 is 0 Å². The molecule has 0 unspecified atom stereocenters. The Morgan fingerprint density at radius 3 is 2.30 bits per heavy atom. The summed E-state index contributed by atoms with van der Waals surface area (Å²) in [6, 6.07) is 20.0. The van der Waals surface area contributed by atoms with Crippen LogP contribution in [-0.2, 0) is 4.79 Å². The van der Waals surface area contributed by atoms with Gasteiger partial charge in [0.25, 0.3) is 5.91 Å². The van der Waals surface area contributed by atoms with Crippen molar-refractivity contribution in [3.8, 4) is 11.5 Å². The Kier molecular flexibility index (Phi) is 9.56. The van der Waals surface area contributed by atoms with E-state index in [0.717, 1.165) is 18.4 Å². The predicted molar refractivity (Wildman–Crippen MR) is 156 cm³/mol. The molecular formula is C29H28Cl2N2O3S. The first-order valence-corrected chi connectivity index (χ1v) is 13.7. The molecule has 1 fully saturated rings. The summed E-state index contributed by atoms with van der Waals surface area (Å²) in [6.45, 7) is 2.83. The Morgan fingerprint density at radius 1 is 0.919 bits per heavy atom. The number of amides is 1. The van der Waals surface area contributed by atoms with Crippen LogP contribution in [0, 0.1) is 0 Å². The van der Waals surface area contributed by atoms with Crippen molar-refractivity contribution in [1.82, 2.24) is 0 Å². The molecule has 192 valence electrons. The molecule has 3 aromatic carbocycles. The first-order chi connectivity index (χ1) is 18.0. The number of ether oxygens (including phenoxy) is 2. The van der Waals surface area contributed by atoms with Gasteiger partial charge in [-0.05, 0) is 90.5 Å². The zero-order valence-corrected chi connectivity index (χ0v) is 23.1. The molecule has 1 saturated heterocycles. The molecule has 5 nitrogen and oxygen atoms in total. The van der Waals surface area contributed by atoms with Crippen LogP contribution in [-0.4, -0.2) is 24.8 Å². The monoisotopic (exact) mass is 554 g/mol. The summed E-state index contributed by atoms with van der Waals surface area (Å²) in [4.78, 5) is 20.4. The minimum absolute atomic E-state index is 0.171. The molecule has 0 radical (unpaired) electrons. The number of hydrogen-bond donors (Lipinski definition) is 0. The van der Waals surface area contributed by atoms with Crippen molar-refractivity contribution in [3.05, 3.63) is 87.2 Å². The molecular weight excluding hydrogens is 527 g/mol. The molecule has 1 amide bonds. The number of benzene rings is 3. The third-order valence-corrected chi connectivity index (χ3v) is 7.16. The van der Waals surface area contributed by atoms with E-state index in [0.29, 0.717) is 49.6 Å². The van der Waals surface area contributed by atoms with E-state index >= 15 is 0 Å². The topological polar surface area (TPSA) is 51.1 Å². The van der Waals surface area contributed by atoms with Crippen molar-refractivity contribution in [2.45, 2.75) is 32.6 Å². The van der Waals surface area contributed by atoms with Crippen LogP contribution in [0.1, 0.15) is 38.2 Å². The number of unbranched alkanes of at least 4 members (excludes halogenated alkanes) is 3. The molecule has 1 aliphatic rings. The maximum atomic E-state index is 13.5. The second kappa shape index (κ2) is 13.0. The third kappa shape index (κ3) is 7.10. The number of methoxy groups -OCH3 is 1. The highest BCUT2D eigenvalue weighted by atomic mass is 35.5. The van der Waals surface area contributed by atoms with Crippen LogP contribution in [0.15, 0.2) is 76.6 Å². The van der Waals surface area contributed by atoms with Crippen LogP contribution in [0.3, 0.4) is 0 Å². The van der Waals surface area contributed by atoms with Crippen LogP contribution in [0.25, 0.3) is 6.08 Å². The molecule has 0 saturated carbocycles. The quantitative estimate of drug-likeness (QED) is 0.185. The number of amidine groups is 1. The van der Waals surface area contributed by atoms with E-state index in [1.807, 2.05) is 36.4 Å². The molecule has 0 spiro atoms. The number of carbonyl (C=O) groups is 1. The minimum Gasteiger partial charge on any atom is -0.493 e. The van der Waals surface area contributed by atoms with E-state index in [1.165, 1.54) is 24.6 Å². The lowest BCUT2D eigenvalue weighted by Gasteiger charge is -2.15. The highest BCUT2D eigenvalue weighted by Gasteiger charge is 2.34. The molecule has 1 heterocycles. The van der Waals surface area contributed by atoms with Gasteiger partial charge in [0.2, 0.25) is 0 Å². The SMILES string of the molecule is CCCCCCOc1ccc(/C=C2/SC(=Nc3ccc(Cl)cc3)N(c3ccc(Cl)cc3)C2=O)cc1OC. The fourth-order valence-corrected chi connectivity index (χ4v) is 5.00. The van der Waals surface area contributed by atoms with Gasteiger partial charge < -0.3 is 9.47 Å². The first kappa shape index (κ1) is 27.1. The number of thioether (sulfide) groups is 1. The summed E-state index contributed by atoms with van der Waals surface area (Å²) in [7, 11) is 1.62. The molecule has 1 aliphatic heterocycles. The fraction of sp³-hybridized carbons (Fsp3) is 0.241. The summed E-state index contributed by atoms with van der Waals surface area (Å²) in [5.41, 5.74) is 2.21. The minimum atomic E-state index is -0.171. The number of nitrogens with zero attached hydrogens (tertiary/aromatic N) is 2. The van der Waals surface area contributed by atoms with Crippen LogP contribution >= 0.6 is 35.0 Å². The van der Waals surface area contributed by atoms with E-state index in [9.17, 15) is 4.79 Å². The van der Waals surface area contributed by atoms with E-state index in [4.69, 9.17) is 37.7 Å². The van der Waals surface area contributed by atoms with Gasteiger partial charge in [-0.15, -0.1) is 0 Å². The number of halogens is 2. The van der Waals surface area contributed by atoms with Crippen molar-refractivity contribution in [2.75, 3.05) is 18.6 Å². The summed E-state index contributed by atoms with van der Waals surface area (Å²) >= 11 is 13.4. The normalized spacial score (nSPS) is 15.6. The van der Waals surface area contributed by atoms with Gasteiger partial charge in [-0.1, -0.05) is 55.5 Å². The molecule has 0 N–H and O–H groups in total. The Labute approximate surface area is 232 Å². The number of anilines is 1. The Morgan fingerprint density at radius 2 is 1.62 bits per heavy atom. The summed E-state index contributed by atoms with van der Waals surface area (Å²) in [6.07, 6.45) is 6.38. The van der Waals surface area contributed by atoms with Crippen LogP contribution in [0.5, 0.6) is 11.5 Å². The summed E-state index contributed by atoms with van der Waals surface area (Å²) < 4.78 is 11.5. The average Bonchev–Trinajstić information content (AvgIpc) is 3.20. The molecule has 8 heteroatoms. The van der Waals surface area contributed by atoms with Gasteiger partial charge in [0.05, 0.1) is 30.0 Å². The average molecular weight is 556 g/mol. The van der Waals surface area contributed by atoms with E-state index in [1.54, 1.807) is 48.4 Å². The lowest BCUT2D eigenvalue weighted by Crippen LogP contribution is -2.28. The van der Waals surface area contributed by atoms with Crippen LogP contribution in [0.4, 0.5) is 11.4 Å². The largest absolute Gasteiger partial charge is 0.493 e. The van der Waals surface area contributed by atoms with E-state index in [2.05, 4.69) is 6.92 Å². The zero-order chi connectivity index (χ0) is 26.2. The number of aliphatic imine (C=N–C) groups is 1. The Bertz CT molecular complexity index is 1290. The first-order valence-electron chi connectivity index (χ1n) is 12.1. The third-order valence-electron chi connectivity index (χ3n) is 5.68. The van der Waals surface area contributed by atoms with Gasteiger partial charge in [-0.3, -0.25) is 9.69 Å². The Hall–Kier alpha value is -2.93. The predicted octanol–water partition coefficient (Wildman–Crippen LogP) is 8.77. The molecule has 4 rings (SSSR count). The van der Waals surface area contributed by atoms with Crippen molar-refractivity contribution in [3.63, 3.8) is 0 Å². The van der Waals surface area contributed by atoms with Crippen LogP contribution in [0.2, 0.25) is 10.0 Å². The second-order valence-corrected chi connectivity index (χ2v) is 10.3. The van der Waals surface area contributed by atoms with Crippen LogP contribution < -0.4 is 14.4 Å². The maximum absolute atomic E-state index is 13.5. The second-order valence-electron chi connectivity index (χ2n) is 8.42. The van der Waals surface area contributed by atoms with Crippen molar-refractivity contribution >= 4 is 63.5 Å². The van der Waals surface area contributed by atoms with Crippen molar-refractivity contribution < 1.29 is 14.3 Å². The van der Waals surface area contributed by atoms with Crippen molar-refractivity contribution in [2.24, 2.45) is 4.99 Å². The number of hydrogen-bond acceptors (Lipinski definition) is 5. The summed E-state index contributed by atoms with van der Waals surface area (Å²) in [5, 5.41) is 1.76. The lowest BCUT2D eigenvalue weighted by atomic mass is 10.1.